The summed E-state index contributed by atoms with van der Waals surface area (Å²) in [4.78, 5) is 33.3. The molecule has 2 atom stereocenters. The number of nitrogens with one attached hydrogen (secondary N) is 1. The van der Waals surface area contributed by atoms with E-state index < -0.39 is 29.1 Å². The summed E-state index contributed by atoms with van der Waals surface area (Å²) in [5.74, 6) is -0.607. The van der Waals surface area contributed by atoms with E-state index in [-0.39, 0.29) is 12.1 Å². The molecule has 0 aliphatic rings. The highest BCUT2D eigenvalue weighted by atomic mass is 16.6. The minimum absolute atomic E-state index is 0.0817. The Bertz CT molecular complexity index is 588. The number of para-hydroxylation sites is 1. The molecule has 0 aliphatic carbocycles. The number of hydrogen-bond donors (Lipinski definition) is 2. The van der Waals surface area contributed by atoms with E-state index in [1.165, 1.54) is 18.2 Å². The van der Waals surface area contributed by atoms with Crippen LogP contribution in [-0.4, -0.2) is 23.0 Å². The first kappa shape index (κ1) is 17.2. The number of nitro benzene ring substituents is 1. The van der Waals surface area contributed by atoms with E-state index in [0.717, 1.165) is 0 Å². The van der Waals surface area contributed by atoms with Gasteiger partial charge in [0.25, 0.3) is 11.6 Å². The number of rotatable bonds is 7. The maximum atomic E-state index is 12.1. The Morgan fingerprint density at radius 1 is 1.50 bits per heavy atom. The van der Waals surface area contributed by atoms with Crippen molar-refractivity contribution in [1.82, 2.24) is 5.32 Å². The fraction of sp³-hybridized carbons (Fsp3) is 0.286. The van der Waals surface area contributed by atoms with Crippen molar-refractivity contribution in [3.63, 3.8) is 0 Å². The molecule has 0 heterocycles. The minimum Gasteiger partial charge on any atom is -0.436 e. The first-order valence-electron chi connectivity index (χ1n) is 6.47. The van der Waals surface area contributed by atoms with Crippen LogP contribution in [0.4, 0.5) is 10.5 Å². The third-order valence-electron chi connectivity index (χ3n) is 2.89. The summed E-state index contributed by atoms with van der Waals surface area (Å²) in [6, 6.07) is 5.41. The molecule has 0 saturated heterocycles. The van der Waals surface area contributed by atoms with Gasteiger partial charge in [-0.3, -0.25) is 14.9 Å². The van der Waals surface area contributed by atoms with E-state index in [1.54, 1.807) is 19.1 Å². The van der Waals surface area contributed by atoms with Crippen LogP contribution in [0.2, 0.25) is 0 Å². The molecule has 3 N–H and O–H groups in total. The average Bonchev–Trinajstić information content (AvgIpc) is 2.46. The second-order valence-corrected chi connectivity index (χ2v) is 4.50. The summed E-state index contributed by atoms with van der Waals surface area (Å²) in [6.45, 7) is 5.06. The predicted molar refractivity (Wildman–Crippen MR) is 78.9 cm³/mol. The number of primary amides is 1. The highest BCUT2D eigenvalue weighted by Gasteiger charge is 2.25. The predicted octanol–water partition coefficient (Wildman–Crippen LogP) is 1.81. The number of nitrogens with zero attached hydrogens (tertiary/aromatic N) is 1. The normalized spacial score (nSPS) is 12.8. The lowest BCUT2D eigenvalue weighted by molar-refractivity contribution is -0.385. The molecule has 1 aromatic carbocycles. The molecule has 8 nitrogen and oxygen atoms in total. The minimum atomic E-state index is -1.12. The molecule has 0 aromatic heterocycles. The van der Waals surface area contributed by atoms with E-state index in [0.29, 0.717) is 5.56 Å². The first-order chi connectivity index (χ1) is 10.4. The molecule has 118 valence electrons. The molecule has 0 fully saturated rings. The van der Waals surface area contributed by atoms with Crippen molar-refractivity contribution >= 4 is 17.7 Å². The van der Waals surface area contributed by atoms with Crippen molar-refractivity contribution in [2.45, 2.75) is 25.5 Å². The van der Waals surface area contributed by atoms with Gasteiger partial charge in [0.15, 0.2) is 6.10 Å². The van der Waals surface area contributed by atoms with Crippen LogP contribution in [0.1, 0.15) is 24.9 Å². The quantitative estimate of drug-likeness (QED) is 0.451. The molecule has 2 amide bonds. The highest BCUT2D eigenvalue weighted by Crippen LogP contribution is 2.24. The number of ether oxygens (including phenoxy) is 1. The summed E-state index contributed by atoms with van der Waals surface area (Å²) >= 11 is 0. The zero-order chi connectivity index (χ0) is 16.7. The van der Waals surface area contributed by atoms with Crippen molar-refractivity contribution in [2.75, 3.05) is 0 Å². The molecule has 0 bridgehead atoms. The maximum Gasteiger partial charge on any atom is 0.405 e. The van der Waals surface area contributed by atoms with Gasteiger partial charge in [-0.2, -0.15) is 0 Å². The fourth-order valence-electron chi connectivity index (χ4n) is 1.90. The van der Waals surface area contributed by atoms with Crippen LogP contribution in [0.15, 0.2) is 36.9 Å². The van der Waals surface area contributed by atoms with Gasteiger partial charge in [0.1, 0.15) is 0 Å². The highest BCUT2D eigenvalue weighted by molar-refractivity contribution is 5.83. The van der Waals surface area contributed by atoms with Crippen LogP contribution in [0.3, 0.4) is 0 Å². The summed E-state index contributed by atoms with van der Waals surface area (Å²) in [5.41, 5.74) is 5.14. The molecule has 0 spiro atoms. The smallest absolute Gasteiger partial charge is 0.405 e. The maximum absolute atomic E-state index is 12.1. The SMILES string of the molecule is C=CC[C@H](OC(N)=O)C(=O)NC(C)c1ccccc1[N+](=O)[O-]. The third kappa shape index (κ3) is 4.58. The molecule has 1 aromatic rings. The zero-order valence-corrected chi connectivity index (χ0v) is 12.0. The van der Waals surface area contributed by atoms with Crippen molar-refractivity contribution in [1.29, 1.82) is 0 Å². The molecular formula is C14H17N3O5. The summed E-state index contributed by atoms with van der Waals surface area (Å²) in [5, 5.41) is 13.5. The number of carbonyl (C=O) groups excluding carboxylic acids is 2. The largest absolute Gasteiger partial charge is 0.436 e. The average molecular weight is 307 g/mol. The second-order valence-electron chi connectivity index (χ2n) is 4.50. The first-order valence-corrected chi connectivity index (χ1v) is 6.47. The molecule has 1 rings (SSSR count). The zero-order valence-electron chi connectivity index (χ0n) is 12.0. The number of carbonyl (C=O) groups is 2. The molecule has 1 unspecified atom stereocenters. The molecule has 0 radical (unpaired) electrons. The van der Waals surface area contributed by atoms with Gasteiger partial charge in [0.2, 0.25) is 0 Å². The summed E-state index contributed by atoms with van der Waals surface area (Å²) in [6.07, 6.45) is -0.721. The van der Waals surface area contributed by atoms with Gasteiger partial charge in [-0.1, -0.05) is 24.3 Å². The number of nitro groups is 1. The van der Waals surface area contributed by atoms with Crippen LogP contribution in [0, 0.1) is 10.1 Å². The van der Waals surface area contributed by atoms with E-state index in [2.05, 4.69) is 16.6 Å². The molecule has 8 heteroatoms. The van der Waals surface area contributed by atoms with Crippen LogP contribution < -0.4 is 11.1 Å². The molecule has 0 aliphatic heterocycles. The van der Waals surface area contributed by atoms with Crippen molar-refractivity contribution in [3.05, 3.63) is 52.6 Å². The summed E-state index contributed by atoms with van der Waals surface area (Å²) in [7, 11) is 0. The number of amides is 2. The Labute approximate surface area is 127 Å². The Balaban J connectivity index is 2.88. The topological polar surface area (TPSA) is 125 Å². The van der Waals surface area contributed by atoms with E-state index in [9.17, 15) is 19.7 Å². The van der Waals surface area contributed by atoms with Gasteiger partial charge in [-0.15, -0.1) is 6.58 Å². The Morgan fingerprint density at radius 2 is 2.14 bits per heavy atom. The monoisotopic (exact) mass is 307 g/mol. The molecule has 22 heavy (non-hydrogen) atoms. The third-order valence-corrected chi connectivity index (χ3v) is 2.89. The van der Waals surface area contributed by atoms with Crippen LogP contribution in [0.5, 0.6) is 0 Å². The van der Waals surface area contributed by atoms with Crippen LogP contribution in [0.25, 0.3) is 0 Å². The fourth-order valence-corrected chi connectivity index (χ4v) is 1.90. The number of benzene rings is 1. The summed E-state index contributed by atoms with van der Waals surface area (Å²) < 4.78 is 4.69. The van der Waals surface area contributed by atoms with Gasteiger partial charge in [0, 0.05) is 12.5 Å². The van der Waals surface area contributed by atoms with E-state index in [4.69, 9.17) is 5.73 Å². The van der Waals surface area contributed by atoms with Crippen LogP contribution in [-0.2, 0) is 9.53 Å². The van der Waals surface area contributed by atoms with Gasteiger partial charge in [0.05, 0.1) is 16.5 Å². The van der Waals surface area contributed by atoms with Gasteiger partial charge >= 0.3 is 6.09 Å². The number of hydrogen-bond acceptors (Lipinski definition) is 5. The van der Waals surface area contributed by atoms with Gasteiger partial charge in [-0.25, -0.2) is 4.79 Å². The van der Waals surface area contributed by atoms with E-state index in [1.807, 2.05) is 0 Å². The molecular weight excluding hydrogens is 290 g/mol. The lowest BCUT2D eigenvalue weighted by atomic mass is 10.1. The van der Waals surface area contributed by atoms with Crippen molar-refractivity contribution < 1.29 is 19.2 Å². The standard InChI is InChI=1S/C14H17N3O5/c1-3-6-12(22-14(15)19)13(18)16-9(2)10-7-4-5-8-11(10)17(20)21/h3-5,7-9,12H,1,6H2,2H3,(H2,15,19)(H,16,18)/t9?,12-/m0/s1. The second kappa shape index (κ2) is 7.77. The van der Waals surface area contributed by atoms with Gasteiger partial charge in [-0.05, 0) is 6.92 Å². The Hall–Kier alpha value is -2.90. The van der Waals surface area contributed by atoms with Gasteiger partial charge < -0.3 is 15.8 Å². The van der Waals surface area contributed by atoms with Crippen LogP contribution >= 0.6 is 0 Å². The number of nitrogens with two attached hydrogens (primary N) is 1. The Kier molecular flexibility index (Phi) is 6.06. The van der Waals surface area contributed by atoms with Crippen molar-refractivity contribution in [2.24, 2.45) is 5.73 Å². The molecule has 0 saturated carbocycles. The van der Waals surface area contributed by atoms with Crippen molar-refractivity contribution in [3.8, 4) is 0 Å². The lowest BCUT2D eigenvalue weighted by Gasteiger charge is -2.19. The lowest BCUT2D eigenvalue weighted by Crippen LogP contribution is -2.39. The Morgan fingerprint density at radius 3 is 2.68 bits per heavy atom. The van der Waals surface area contributed by atoms with E-state index >= 15 is 0 Å².